The largest absolute Gasteiger partial charge is 0.481 e. The van der Waals surface area contributed by atoms with Crippen molar-refractivity contribution in [1.82, 2.24) is 15.1 Å². The van der Waals surface area contributed by atoms with E-state index in [1.165, 1.54) is 4.68 Å². The molecular formula is C11H17N3O3. The van der Waals surface area contributed by atoms with Crippen LogP contribution in [0.1, 0.15) is 13.8 Å². The molecule has 1 atom stereocenters. The van der Waals surface area contributed by atoms with Crippen molar-refractivity contribution in [2.45, 2.75) is 20.4 Å². The Morgan fingerprint density at radius 3 is 2.65 bits per heavy atom. The first kappa shape index (κ1) is 13.2. The van der Waals surface area contributed by atoms with Crippen LogP contribution < -0.4 is 5.32 Å². The van der Waals surface area contributed by atoms with Crippen LogP contribution in [0.2, 0.25) is 0 Å². The number of aromatic nitrogens is 2. The number of amides is 1. The van der Waals surface area contributed by atoms with Gasteiger partial charge in [0.2, 0.25) is 5.91 Å². The van der Waals surface area contributed by atoms with Gasteiger partial charge in [0, 0.05) is 18.9 Å². The normalized spacial score (nSPS) is 12.4. The Bertz CT molecular complexity index is 373. The van der Waals surface area contributed by atoms with Crippen molar-refractivity contribution < 1.29 is 14.7 Å². The van der Waals surface area contributed by atoms with Gasteiger partial charge in [0.25, 0.3) is 0 Å². The van der Waals surface area contributed by atoms with E-state index in [9.17, 15) is 9.59 Å². The number of nitrogens with zero attached hydrogens (tertiary/aromatic N) is 2. The number of carbonyl (C=O) groups is 2. The molecule has 17 heavy (non-hydrogen) atoms. The SMILES string of the molecule is CC(C)C(CNC(=O)Cn1cccn1)C(=O)O. The summed E-state index contributed by atoms with van der Waals surface area (Å²) in [4.78, 5) is 22.4. The molecule has 1 aromatic rings. The second kappa shape index (κ2) is 6.03. The van der Waals surface area contributed by atoms with Gasteiger partial charge < -0.3 is 10.4 Å². The first-order chi connectivity index (χ1) is 8.00. The average Bonchev–Trinajstić information content (AvgIpc) is 2.69. The van der Waals surface area contributed by atoms with E-state index >= 15 is 0 Å². The van der Waals surface area contributed by atoms with Crippen LogP contribution in [0.3, 0.4) is 0 Å². The topological polar surface area (TPSA) is 84.2 Å². The number of carboxylic acids is 1. The Morgan fingerprint density at radius 2 is 2.18 bits per heavy atom. The van der Waals surface area contributed by atoms with E-state index in [0.717, 1.165) is 0 Å². The minimum Gasteiger partial charge on any atom is -0.481 e. The Balaban J connectivity index is 2.39. The summed E-state index contributed by atoms with van der Waals surface area (Å²) in [5.41, 5.74) is 0. The molecule has 0 saturated carbocycles. The lowest BCUT2D eigenvalue weighted by Gasteiger charge is -2.16. The zero-order valence-corrected chi connectivity index (χ0v) is 9.96. The summed E-state index contributed by atoms with van der Waals surface area (Å²) in [7, 11) is 0. The summed E-state index contributed by atoms with van der Waals surface area (Å²) in [6.45, 7) is 3.89. The van der Waals surface area contributed by atoms with Crippen LogP contribution in [0, 0.1) is 11.8 Å². The molecular weight excluding hydrogens is 222 g/mol. The Labute approximate surface area is 99.6 Å². The maximum Gasteiger partial charge on any atom is 0.308 e. The van der Waals surface area contributed by atoms with Gasteiger partial charge in [0.1, 0.15) is 6.54 Å². The van der Waals surface area contributed by atoms with E-state index in [1.807, 2.05) is 13.8 Å². The molecule has 6 heteroatoms. The average molecular weight is 239 g/mol. The lowest BCUT2D eigenvalue weighted by Crippen LogP contribution is -2.37. The van der Waals surface area contributed by atoms with Crippen molar-refractivity contribution >= 4 is 11.9 Å². The zero-order chi connectivity index (χ0) is 12.8. The fourth-order valence-corrected chi connectivity index (χ4v) is 1.43. The summed E-state index contributed by atoms with van der Waals surface area (Å²) in [6, 6.07) is 1.72. The van der Waals surface area contributed by atoms with Gasteiger partial charge in [0.15, 0.2) is 0 Å². The minimum atomic E-state index is -0.889. The smallest absolute Gasteiger partial charge is 0.308 e. The monoisotopic (exact) mass is 239 g/mol. The summed E-state index contributed by atoms with van der Waals surface area (Å²) in [5.74, 6) is -1.70. The standard InChI is InChI=1S/C11H17N3O3/c1-8(2)9(11(16)17)6-12-10(15)7-14-5-3-4-13-14/h3-5,8-9H,6-7H2,1-2H3,(H,12,15)(H,16,17). The molecule has 1 rings (SSSR count). The first-order valence-electron chi connectivity index (χ1n) is 5.47. The summed E-state index contributed by atoms with van der Waals surface area (Å²) in [6.07, 6.45) is 3.26. The highest BCUT2D eigenvalue weighted by molar-refractivity contribution is 5.77. The van der Waals surface area contributed by atoms with Gasteiger partial charge in [-0.1, -0.05) is 13.8 Å². The molecule has 0 radical (unpaired) electrons. The molecule has 1 amide bonds. The zero-order valence-electron chi connectivity index (χ0n) is 9.96. The molecule has 0 fully saturated rings. The van der Waals surface area contributed by atoms with Crippen LogP contribution in [0.4, 0.5) is 0 Å². The Kier molecular flexibility index (Phi) is 4.68. The predicted octanol–water partition coefficient (Wildman–Crippen LogP) is 0.356. The van der Waals surface area contributed by atoms with Gasteiger partial charge in [-0.3, -0.25) is 14.3 Å². The molecule has 0 aliphatic carbocycles. The van der Waals surface area contributed by atoms with E-state index in [1.54, 1.807) is 18.5 Å². The minimum absolute atomic E-state index is 0.0162. The molecule has 1 unspecified atom stereocenters. The van der Waals surface area contributed by atoms with Gasteiger partial charge in [-0.2, -0.15) is 5.10 Å². The molecule has 6 nitrogen and oxygen atoms in total. The maximum atomic E-state index is 11.5. The number of nitrogens with one attached hydrogen (secondary N) is 1. The van der Waals surface area contributed by atoms with Crippen molar-refractivity contribution in [3.8, 4) is 0 Å². The predicted molar refractivity (Wildman–Crippen MR) is 61.2 cm³/mol. The van der Waals surface area contributed by atoms with Crippen molar-refractivity contribution in [2.24, 2.45) is 11.8 Å². The lowest BCUT2D eigenvalue weighted by molar-refractivity contribution is -0.143. The second-order valence-corrected chi connectivity index (χ2v) is 4.20. The molecule has 0 aliphatic rings. The van der Waals surface area contributed by atoms with Gasteiger partial charge in [-0.25, -0.2) is 0 Å². The molecule has 0 bridgehead atoms. The summed E-state index contributed by atoms with van der Waals surface area (Å²) < 4.78 is 1.49. The highest BCUT2D eigenvalue weighted by Crippen LogP contribution is 2.09. The fraction of sp³-hybridized carbons (Fsp3) is 0.545. The third kappa shape index (κ3) is 4.26. The summed E-state index contributed by atoms with van der Waals surface area (Å²) in [5, 5.41) is 15.4. The molecule has 94 valence electrons. The van der Waals surface area contributed by atoms with Gasteiger partial charge in [0.05, 0.1) is 5.92 Å². The van der Waals surface area contributed by atoms with E-state index in [2.05, 4.69) is 10.4 Å². The quantitative estimate of drug-likeness (QED) is 0.750. The van der Waals surface area contributed by atoms with Crippen LogP contribution >= 0.6 is 0 Å². The van der Waals surface area contributed by atoms with Gasteiger partial charge in [-0.05, 0) is 12.0 Å². The number of aliphatic carboxylic acids is 1. The van der Waals surface area contributed by atoms with Crippen molar-refractivity contribution in [3.05, 3.63) is 18.5 Å². The van der Waals surface area contributed by atoms with Crippen LogP contribution in [-0.2, 0) is 16.1 Å². The van der Waals surface area contributed by atoms with E-state index in [0.29, 0.717) is 0 Å². The van der Waals surface area contributed by atoms with Crippen LogP contribution in [0.25, 0.3) is 0 Å². The molecule has 2 N–H and O–H groups in total. The van der Waals surface area contributed by atoms with E-state index < -0.39 is 11.9 Å². The molecule has 1 heterocycles. The Hall–Kier alpha value is -1.85. The highest BCUT2D eigenvalue weighted by atomic mass is 16.4. The summed E-state index contributed by atoms with van der Waals surface area (Å²) >= 11 is 0. The van der Waals surface area contributed by atoms with Crippen LogP contribution in [-0.4, -0.2) is 33.3 Å². The molecule has 0 aliphatic heterocycles. The molecule has 0 aromatic carbocycles. The van der Waals surface area contributed by atoms with Crippen LogP contribution in [0.5, 0.6) is 0 Å². The van der Waals surface area contributed by atoms with Crippen molar-refractivity contribution in [2.75, 3.05) is 6.54 Å². The van der Waals surface area contributed by atoms with Crippen molar-refractivity contribution in [3.63, 3.8) is 0 Å². The first-order valence-corrected chi connectivity index (χ1v) is 5.47. The van der Waals surface area contributed by atoms with E-state index in [4.69, 9.17) is 5.11 Å². The van der Waals surface area contributed by atoms with Crippen LogP contribution in [0.15, 0.2) is 18.5 Å². The third-order valence-corrected chi connectivity index (χ3v) is 2.51. The third-order valence-electron chi connectivity index (χ3n) is 2.51. The number of hydrogen-bond acceptors (Lipinski definition) is 3. The number of carbonyl (C=O) groups excluding carboxylic acids is 1. The fourth-order valence-electron chi connectivity index (χ4n) is 1.43. The highest BCUT2D eigenvalue weighted by Gasteiger charge is 2.21. The van der Waals surface area contributed by atoms with Gasteiger partial charge >= 0.3 is 5.97 Å². The number of rotatable bonds is 6. The Morgan fingerprint density at radius 1 is 1.47 bits per heavy atom. The number of hydrogen-bond donors (Lipinski definition) is 2. The van der Waals surface area contributed by atoms with E-state index in [-0.39, 0.29) is 24.9 Å². The van der Waals surface area contributed by atoms with Gasteiger partial charge in [-0.15, -0.1) is 0 Å². The second-order valence-electron chi connectivity index (χ2n) is 4.20. The molecule has 0 saturated heterocycles. The lowest BCUT2D eigenvalue weighted by atomic mass is 9.96. The number of carboxylic acid groups (broad SMARTS) is 1. The van der Waals surface area contributed by atoms with Crippen molar-refractivity contribution in [1.29, 1.82) is 0 Å². The molecule has 0 spiro atoms. The maximum absolute atomic E-state index is 11.5. The molecule has 1 aromatic heterocycles.